The number of carbonyl (C=O) groups is 2. The summed E-state index contributed by atoms with van der Waals surface area (Å²) in [6, 6.07) is 7.41. The molecular weight excluding hydrogens is 326 g/mol. The maximum Gasteiger partial charge on any atom is 0.411 e. The molecule has 128 valence electrons. The zero-order chi connectivity index (χ0) is 18.2. The van der Waals surface area contributed by atoms with E-state index in [1.54, 1.807) is 32.9 Å². The summed E-state index contributed by atoms with van der Waals surface area (Å²) in [5.41, 5.74) is 0.258. The lowest BCUT2D eigenvalue weighted by Gasteiger charge is -2.25. The number of Topliss-reactive ketones (excluding diaryl/α,β-unsaturated/α-hetero) is 1. The first-order valence-electron chi connectivity index (χ1n) is 7.57. The zero-order valence-corrected chi connectivity index (χ0v) is 15.2. The van der Waals surface area contributed by atoms with E-state index in [0.717, 1.165) is 5.56 Å². The van der Waals surface area contributed by atoms with Crippen LogP contribution >= 0.6 is 11.6 Å². The van der Waals surface area contributed by atoms with Crippen molar-refractivity contribution in [2.45, 2.75) is 33.3 Å². The standard InChI is InChI=1S/C19H22ClNO3/c1-15(22)9-7-13-21(18(23)24-19(2,3)4)14-8-11-16-10-5-6-12-17(16)20/h5-6,8,10-12H,13-14H2,1-4H3/b11-8+. The van der Waals surface area contributed by atoms with E-state index in [-0.39, 0.29) is 12.3 Å². The van der Waals surface area contributed by atoms with Crippen molar-refractivity contribution in [2.24, 2.45) is 0 Å². The van der Waals surface area contributed by atoms with Crippen molar-refractivity contribution in [2.75, 3.05) is 13.1 Å². The molecule has 1 aromatic carbocycles. The van der Waals surface area contributed by atoms with Crippen molar-refractivity contribution in [3.8, 4) is 11.8 Å². The average molecular weight is 348 g/mol. The molecule has 24 heavy (non-hydrogen) atoms. The molecule has 0 aliphatic rings. The van der Waals surface area contributed by atoms with Crippen molar-refractivity contribution in [1.82, 2.24) is 4.90 Å². The summed E-state index contributed by atoms with van der Waals surface area (Å²) in [5, 5.41) is 0.633. The Kier molecular flexibility index (Phi) is 7.54. The summed E-state index contributed by atoms with van der Waals surface area (Å²) < 4.78 is 5.36. The van der Waals surface area contributed by atoms with E-state index in [0.29, 0.717) is 11.6 Å². The van der Waals surface area contributed by atoms with Gasteiger partial charge in [-0.2, -0.15) is 0 Å². The lowest BCUT2D eigenvalue weighted by atomic mass is 10.2. The third-order valence-corrected chi connectivity index (χ3v) is 3.06. The molecule has 0 aromatic heterocycles. The lowest BCUT2D eigenvalue weighted by Crippen LogP contribution is -2.37. The SMILES string of the molecule is CC(=O)C#CCN(C/C=C/c1ccccc1Cl)C(=O)OC(C)(C)C. The van der Waals surface area contributed by atoms with E-state index < -0.39 is 11.7 Å². The fraction of sp³-hybridized carbons (Fsp3) is 0.368. The van der Waals surface area contributed by atoms with Crippen molar-refractivity contribution >= 4 is 29.6 Å². The third kappa shape index (κ3) is 7.85. The lowest BCUT2D eigenvalue weighted by molar-refractivity contribution is -0.111. The van der Waals surface area contributed by atoms with E-state index in [4.69, 9.17) is 16.3 Å². The molecule has 1 rings (SSSR count). The fourth-order valence-corrected chi connectivity index (χ4v) is 1.91. The number of hydrogen-bond acceptors (Lipinski definition) is 3. The first kappa shape index (κ1) is 19.8. The van der Waals surface area contributed by atoms with Crippen LogP contribution in [0.3, 0.4) is 0 Å². The number of nitrogens with zero attached hydrogens (tertiary/aromatic N) is 1. The molecule has 0 bridgehead atoms. The van der Waals surface area contributed by atoms with Gasteiger partial charge < -0.3 is 4.74 Å². The minimum Gasteiger partial charge on any atom is -0.444 e. The summed E-state index contributed by atoms with van der Waals surface area (Å²) >= 11 is 6.09. The summed E-state index contributed by atoms with van der Waals surface area (Å²) in [6.07, 6.45) is 3.16. The second kappa shape index (κ2) is 9.14. The predicted molar refractivity (Wildman–Crippen MR) is 96.8 cm³/mol. The van der Waals surface area contributed by atoms with Gasteiger partial charge in [0.1, 0.15) is 5.60 Å². The van der Waals surface area contributed by atoms with Crippen LogP contribution in [-0.2, 0) is 9.53 Å². The first-order chi connectivity index (χ1) is 11.2. The number of amides is 1. The molecule has 1 amide bonds. The van der Waals surface area contributed by atoms with Crippen LogP contribution in [0.4, 0.5) is 4.79 Å². The Hall–Kier alpha value is -2.25. The number of ether oxygens (including phenoxy) is 1. The Balaban J connectivity index is 2.81. The molecule has 0 saturated heterocycles. The van der Waals surface area contributed by atoms with Crippen LogP contribution in [0.1, 0.15) is 33.3 Å². The fourth-order valence-electron chi connectivity index (χ4n) is 1.71. The van der Waals surface area contributed by atoms with Gasteiger partial charge in [0.05, 0.1) is 6.54 Å². The Labute approximate surface area is 148 Å². The van der Waals surface area contributed by atoms with Gasteiger partial charge in [0.2, 0.25) is 5.78 Å². The molecular formula is C19H22ClNO3. The van der Waals surface area contributed by atoms with Crippen molar-refractivity contribution in [3.05, 3.63) is 40.9 Å². The number of hydrogen-bond donors (Lipinski definition) is 0. The monoisotopic (exact) mass is 347 g/mol. The van der Waals surface area contributed by atoms with Crippen LogP contribution in [0.15, 0.2) is 30.3 Å². The smallest absolute Gasteiger partial charge is 0.411 e. The quantitative estimate of drug-likeness (QED) is 0.606. The molecule has 0 spiro atoms. The number of ketones is 1. The van der Waals surface area contributed by atoms with Crippen LogP contribution in [0.25, 0.3) is 6.08 Å². The molecule has 0 aliphatic heterocycles. The Morgan fingerprint density at radius 3 is 2.54 bits per heavy atom. The number of benzene rings is 1. The summed E-state index contributed by atoms with van der Waals surface area (Å²) in [5.74, 6) is 4.86. The van der Waals surface area contributed by atoms with Gasteiger partial charge in [0.15, 0.2) is 0 Å². The molecule has 0 heterocycles. The second-order valence-electron chi connectivity index (χ2n) is 6.14. The van der Waals surface area contributed by atoms with Crippen LogP contribution in [0.2, 0.25) is 5.02 Å². The molecule has 5 heteroatoms. The van der Waals surface area contributed by atoms with Crippen LogP contribution in [-0.4, -0.2) is 35.5 Å². The average Bonchev–Trinajstić information content (AvgIpc) is 2.45. The third-order valence-electron chi connectivity index (χ3n) is 2.71. The van der Waals surface area contributed by atoms with Crippen LogP contribution < -0.4 is 0 Å². The highest BCUT2D eigenvalue weighted by molar-refractivity contribution is 6.32. The van der Waals surface area contributed by atoms with Crippen LogP contribution in [0.5, 0.6) is 0 Å². The van der Waals surface area contributed by atoms with E-state index in [9.17, 15) is 9.59 Å². The van der Waals surface area contributed by atoms with Crippen molar-refractivity contribution < 1.29 is 14.3 Å². The van der Waals surface area contributed by atoms with Gasteiger partial charge >= 0.3 is 6.09 Å². The van der Waals surface area contributed by atoms with E-state index in [1.807, 2.05) is 24.3 Å². The zero-order valence-electron chi connectivity index (χ0n) is 14.4. The number of rotatable bonds is 4. The van der Waals surface area contributed by atoms with E-state index in [1.165, 1.54) is 11.8 Å². The maximum absolute atomic E-state index is 12.2. The van der Waals surface area contributed by atoms with Gasteiger partial charge in [0, 0.05) is 18.5 Å². The molecule has 0 atom stereocenters. The Bertz CT molecular complexity index is 678. The molecule has 0 aliphatic carbocycles. The molecule has 0 radical (unpaired) electrons. The van der Waals surface area contributed by atoms with Gasteiger partial charge in [-0.1, -0.05) is 47.9 Å². The van der Waals surface area contributed by atoms with Gasteiger partial charge in [-0.3, -0.25) is 9.69 Å². The van der Waals surface area contributed by atoms with Gasteiger partial charge in [0.25, 0.3) is 0 Å². The number of halogens is 1. The van der Waals surface area contributed by atoms with E-state index in [2.05, 4.69) is 11.8 Å². The first-order valence-corrected chi connectivity index (χ1v) is 7.95. The Morgan fingerprint density at radius 2 is 1.96 bits per heavy atom. The largest absolute Gasteiger partial charge is 0.444 e. The molecule has 0 unspecified atom stereocenters. The molecule has 4 nitrogen and oxygen atoms in total. The van der Waals surface area contributed by atoms with Gasteiger partial charge in [-0.15, -0.1) is 0 Å². The minimum atomic E-state index is -0.601. The number of carbonyl (C=O) groups excluding carboxylic acids is 2. The van der Waals surface area contributed by atoms with Crippen molar-refractivity contribution in [3.63, 3.8) is 0 Å². The van der Waals surface area contributed by atoms with E-state index >= 15 is 0 Å². The summed E-state index contributed by atoms with van der Waals surface area (Å²) in [6.45, 7) is 7.17. The minimum absolute atomic E-state index is 0.112. The molecule has 0 fully saturated rings. The molecule has 1 aromatic rings. The summed E-state index contributed by atoms with van der Waals surface area (Å²) in [4.78, 5) is 24.6. The maximum atomic E-state index is 12.2. The normalized spacial score (nSPS) is 10.9. The highest BCUT2D eigenvalue weighted by Gasteiger charge is 2.20. The Morgan fingerprint density at radius 1 is 1.29 bits per heavy atom. The predicted octanol–water partition coefficient (Wildman–Crippen LogP) is 4.18. The molecule has 0 N–H and O–H groups in total. The highest BCUT2D eigenvalue weighted by Crippen LogP contribution is 2.16. The summed E-state index contributed by atoms with van der Waals surface area (Å²) in [7, 11) is 0. The van der Waals surface area contributed by atoms with Crippen molar-refractivity contribution in [1.29, 1.82) is 0 Å². The molecule has 0 saturated carbocycles. The van der Waals surface area contributed by atoms with Crippen LogP contribution in [0, 0.1) is 11.8 Å². The van der Waals surface area contributed by atoms with Gasteiger partial charge in [-0.25, -0.2) is 4.79 Å². The second-order valence-corrected chi connectivity index (χ2v) is 6.55. The highest BCUT2D eigenvalue weighted by atomic mass is 35.5. The topological polar surface area (TPSA) is 46.6 Å². The van der Waals surface area contributed by atoms with Gasteiger partial charge in [-0.05, 0) is 38.3 Å².